The number of nitrogens with one attached hydrogen (secondary N) is 1. The molecule has 1 fully saturated rings. The first-order valence-corrected chi connectivity index (χ1v) is 9.63. The van der Waals surface area contributed by atoms with Crippen LogP contribution >= 0.6 is 11.3 Å². The van der Waals surface area contributed by atoms with E-state index in [1.165, 1.54) is 12.0 Å². The predicted molar refractivity (Wildman–Crippen MR) is 102 cm³/mol. The van der Waals surface area contributed by atoms with Crippen LogP contribution in [-0.4, -0.2) is 42.0 Å². The third kappa shape index (κ3) is 4.35. The fourth-order valence-corrected chi connectivity index (χ4v) is 3.82. The van der Waals surface area contributed by atoms with Crippen LogP contribution in [0.4, 0.5) is 0 Å². The molecule has 1 aliphatic rings. The maximum absolute atomic E-state index is 4.82. The molecule has 1 aromatic carbocycles. The molecular weight excluding hydrogens is 316 g/mol. The highest BCUT2D eigenvalue weighted by molar-refractivity contribution is 7.09. The van der Waals surface area contributed by atoms with Gasteiger partial charge in [-0.3, -0.25) is 4.99 Å². The molecule has 4 nitrogen and oxygen atoms in total. The van der Waals surface area contributed by atoms with Crippen molar-refractivity contribution in [1.29, 1.82) is 0 Å². The number of benzene rings is 1. The molecule has 2 heterocycles. The van der Waals surface area contributed by atoms with E-state index in [0.29, 0.717) is 5.92 Å². The molecular formula is C19H26N4S. The molecule has 2 aromatic rings. The van der Waals surface area contributed by atoms with E-state index in [0.717, 1.165) is 49.3 Å². The van der Waals surface area contributed by atoms with Crippen molar-refractivity contribution < 1.29 is 0 Å². The van der Waals surface area contributed by atoms with Gasteiger partial charge in [0.1, 0.15) is 0 Å². The van der Waals surface area contributed by atoms with E-state index < -0.39 is 0 Å². The molecule has 1 atom stereocenters. The van der Waals surface area contributed by atoms with Gasteiger partial charge in [0.05, 0.1) is 10.7 Å². The van der Waals surface area contributed by atoms with Gasteiger partial charge in [0.2, 0.25) is 0 Å². The van der Waals surface area contributed by atoms with Crippen molar-refractivity contribution in [3.8, 4) is 0 Å². The van der Waals surface area contributed by atoms with Gasteiger partial charge in [-0.1, -0.05) is 30.3 Å². The molecule has 5 heteroatoms. The molecule has 0 aliphatic carbocycles. The molecule has 1 aliphatic heterocycles. The highest BCUT2D eigenvalue weighted by Crippen LogP contribution is 2.26. The monoisotopic (exact) mass is 342 g/mol. The molecule has 0 bridgehead atoms. The van der Waals surface area contributed by atoms with Gasteiger partial charge in [-0.05, 0) is 25.8 Å². The van der Waals surface area contributed by atoms with Crippen LogP contribution in [0.1, 0.15) is 35.5 Å². The average molecular weight is 343 g/mol. The Kier molecular flexibility index (Phi) is 5.86. The molecule has 1 aromatic heterocycles. The van der Waals surface area contributed by atoms with E-state index in [-0.39, 0.29) is 0 Å². The molecule has 0 radical (unpaired) electrons. The molecule has 0 spiro atoms. The Labute approximate surface area is 148 Å². The van der Waals surface area contributed by atoms with Gasteiger partial charge in [-0.15, -0.1) is 11.3 Å². The van der Waals surface area contributed by atoms with E-state index in [1.54, 1.807) is 11.3 Å². The van der Waals surface area contributed by atoms with Crippen LogP contribution in [0, 0.1) is 6.92 Å². The lowest BCUT2D eigenvalue weighted by Crippen LogP contribution is -2.40. The van der Waals surface area contributed by atoms with Crippen LogP contribution in [0.2, 0.25) is 0 Å². The Bertz CT molecular complexity index is 665. The minimum Gasteiger partial charge on any atom is -0.357 e. The smallest absolute Gasteiger partial charge is 0.193 e. The summed E-state index contributed by atoms with van der Waals surface area (Å²) in [6.07, 6.45) is 2.11. The third-order valence-corrected chi connectivity index (χ3v) is 5.21. The zero-order chi connectivity index (χ0) is 16.8. The van der Waals surface area contributed by atoms with Crippen LogP contribution < -0.4 is 5.32 Å². The van der Waals surface area contributed by atoms with E-state index in [9.17, 15) is 0 Å². The number of rotatable bonds is 5. The quantitative estimate of drug-likeness (QED) is 0.668. The Balaban J connectivity index is 1.59. The standard InChI is InChI=1S/C19H26N4S/c1-3-20-19(21-11-9-18-14-24-15(2)22-18)23-12-10-17(13-23)16-7-5-4-6-8-16/h4-8,14,17H,3,9-13H2,1-2H3,(H,20,21). The molecule has 1 unspecified atom stereocenters. The number of hydrogen-bond donors (Lipinski definition) is 1. The van der Waals surface area contributed by atoms with Crippen molar-refractivity contribution in [1.82, 2.24) is 15.2 Å². The number of nitrogens with zero attached hydrogens (tertiary/aromatic N) is 3. The minimum atomic E-state index is 0.608. The van der Waals surface area contributed by atoms with Crippen LogP contribution in [-0.2, 0) is 6.42 Å². The highest BCUT2D eigenvalue weighted by atomic mass is 32.1. The SMILES string of the molecule is CCNC(=NCCc1csc(C)n1)N1CCC(c2ccccc2)C1. The van der Waals surface area contributed by atoms with Gasteiger partial charge in [0.25, 0.3) is 0 Å². The van der Waals surface area contributed by atoms with Crippen LogP contribution in [0.5, 0.6) is 0 Å². The lowest BCUT2D eigenvalue weighted by molar-refractivity contribution is 0.486. The zero-order valence-corrected chi connectivity index (χ0v) is 15.4. The van der Waals surface area contributed by atoms with Gasteiger partial charge < -0.3 is 10.2 Å². The van der Waals surface area contributed by atoms with Crippen LogP contribution in [0.15, 0.2) is 40.7 Å². The molecule has 1 N–H and O–H groups in total. The summed E-state index contributed by atoms with van der Waals surface area (Å²) in [5.41, 5.74) is 2.59. The van der Waals surface area contributed by atoms with E-state index in [4.69, 9.17) is 4.99 Å². The van der Waals surface area contributed by atoms with Crippen molar-refractivity contribution in [2.75, 3.05) is 26.2 Å². The van der Waals surface area contributed by atoms with Gasteiger partial charge in [-0.25, -0.2) is 4.98 Å². The molecule has 3 rings (SSSR count). The molecule has 24 heavy (non-hydrogen) atoms. The second-order valence-electron chi connectivity index (χ2n) is 6.19. The van der Waals surface area contributed by atoms with Gasteiger partial charge in [0.15, 0.2) is 5.96 Å². The summed E-state index contributed by atoms with van der Waals surface area (Å²) in [7, 11) is 0. The fourth-order valence-electron chi connectivity index (χ4n) is 3.18. The number of aromatic nitrogens is 1. The normalized spacial score (nSPS) is 18.2. The van der Waals surface area contributed by atoms with Crippen molar-refractivity contribution >= 4 is 17.3 Å². The summed E-state index contributed by atoms with van der Waals surface area (Å²) >= 11 is 1.71. The summed E-state index contributed by atoms with van der Waals surface area (Å²) in [6.45, 7) is 7.99. The number of aryl methyl sites for hydroxylation is 1. The van der Waals surface area contributed by atoms with Gasteiger partial charge in [-0.2, -0.15) is 0 Å². The van der Waals surface area contributed by atoms with Crippen LogP contribution in [0.25, 0.3) is 0 Å². The number of hydrogen-bond acceptors (Lipinski definition) is 3. The summed E-state index contributed by atoms with van der Waals surface area (Å²) in [5, 5.41) is 6.71. The third-order valence-electron chi connectivity index (χ3n) is 4.39. The van der Waals surface area contributed by atoms with Crippen molar-refractivity contribution in [3.63, 3.8) is 0 Å². The van der Waals surface area contributed by atoms with E-state index in [2.05, 4.69) is 64.8 Å². The number of likely N-dealkylation sites (tertiary alicyclic amines) is 1. The number of thiazole rings is 1. The predicted octanol–water partition coefficient (Wildman–Crippen LogP) is 3.45. The second kappa shape index (κ2) is 8.29. The highest BCUT2D eigenvalue weighted by Gasteiger charge is 2.25. The topological polar surface area (TPSA) is 40.5 Å². The maximum Gasteiger partial charge on any atom is 0.193 e. The zero-order valence-electron chi connectivity index (χ0n) is 14.5. The number of guanidine groups is 1. The van der Waals surface area contributed by atoms with Gasteiger partial charge >= 0.3 is 0 Å². The first-order chi connectivity index (χ1) is 11.8. The number of aliphatic imine (C=N–C) groups is 1. The Morgan fingerprint density at radius 2 is 2.21 bits per heavy atom. The summed E-state index contributed by atoms with van der Waals surface area (Å²) in [4.78, 5) is 11.7. The Hall–Kier alpha value is -1.88. The summed E-state index contributed by atoms with van der Waals surface area (Å²) in [6, 6.07) is 10.8. The van der Waals surface area contributed by atoms with Crippen molar-refractivity contribution in [3.05, 3.63) is 52.0 Å². The fraction of sp³-hybridized carbons (Fsp3) is 0.474. The second-order valence-corrected chi connectivity index (χ2v) is 7.25. The first-order valence-electron chi connectivity index (χ1n) is 8.75. The summed E-state index contributed by atoms with van der Waals surface area (Å²) in [5.74, 6) is 1.65. The van der Waals surface area contributed by atoms with Crippen molar-refractivity contribution in [2.45, 2.75) is 32.6 Å². The lowest BCUT2D eigenvalue weighted by atomic mass is 9.99. The molecule has 0 amide bonds. The van der Waals surface area contributed by atoms with E-state index >= 15 is 0 Å². The molecule has 1 saturated heterocycles. The summed E-state index contributed by atoms with van der Waals surface area (Å²) < 4.78 is 0. The largest absolute Gasteiger partial charge is 0.357 e. The first kappa shape index (κ1) is 17.0. The Morgan fingerprint density at radius 3 is 2.92 bits per heavy atom. The molecule has 128 valence electrons. The Morgan fingerprint density at radius 1 is 1.38 bits per heavy atom. The van der Waals surface area contributed by atoms with Gasteiger partial charge in [0, 0.05) is 43.9 Å². The minimum absolute atomic E-state index is 0.608. The average Bonchev–Trinajstić information content (AvgIpc) is 3.24. The maximum atomic E-state index is 4.82. The molecule has 0 saturated carbocycles. The lowest BCUT2D eigenvalue weighted by Gasteiger charge is -2.21. The van der Waals surface area contributed by atoms with Crippen molar-refractivity contribution in [2.24, 2.45) is 4.99 Å². The van der Waals surface area contributed by atoms with Crippen LogP contribution in [0.3, 0.4) is 0 Å². The van der Waals surface area contributed by atoms with E-state index in [1.807, 2.05) is 0 Å².